The van der Waals surface area contributed by atoms with Crippen LogP contribution in [0, 0.1) is 11.7 Å². The molecule has 5 nitrogen and oxygen atoms in total. The normalized spacial score (nSPS) is 11.2. The standard InChI is InChI=1S/C14H19FN4O/c1-9(2)8-17-13(20)5-6-19-12-4-3-10(15)7-11(12)18-14(19)16/h3-4,7,9H,5-6,8H2,1-2H3,(H2,16,18)(H,17,20). The van der Waals surface area contributed by atoms with Gasteiger partial charge in [-0.25, -0.2) is 9.37 Å². The minimum atomic E-state index is -0.350. The highest BCUT2D eigenvalue weighted by molar-refractivity contribution is 5.79. The quantitative estimate of drug-likeness (QED) is 0.877. The lowest BCUT2D eigenvalue weighted by molar-refractivity contribution is -0.121. The lowest BCUT2D eigenvalue weighted by Gasteiger charge is -2.09. The fraction of sp³-hybridized carbons (Fsp3) is 0.429. The third kappa shape index (κ3) is 3.26. The second-order valence-corrected chi connectivity index (χ2v) is 5.20. The van der Waals surface area contributed by atoms with Crippen LogP contribution in [0.4, 0.5) is 10.3 Å². The Morgan fingerprint density at radius 3 is 2.95 bits per heavy atom. The molecule has 0 aliphatic heterocycles. The lowest BCUT2D eigenvalue weighted by atomic mass is 10.2. The number of nitrogens with two attached hydrogens (primary N) is 1. The minimum Gasteiger partial charge on any atom is -0.369 e. The molecule has 0 saturated heterocycles. The van der Waals surface area contributed by atoms with E-state index in [0.29, 0.717) is 36.9 Å². The highest BCUT2D eigenvalue weighted by Crippen LogP contribution is 2.19. The average molecular weight is 278 g/mol. The summed E-state index contributed by atoms with van der Waals surface area (Å²) in [5.41, 5.74) is 7.05. The summed E-state index contributed by atoms with van der Waals surface area (Å²) in [5.74, 6) is 0.335. The van der Waals surface area contributed by atoms with Crippen molar-refractivity contribution in [2.75, 3.05) is 12.3 Å². The third-order valence-electron chi connectivity index (χ3n) is 3.01. The number of benzene rings is 1. The molecule has 0 spiro atoms. The molecule has 0 unspecified atom stereocenters. The minimum absolute atomic E-state index is 0.0259. The number of rotatable bonds is 5. The van der Waals surface area contributed by atoms with Crippen molar-refractivity contribution in [1.82, 2.24) is 14.9 Å². The van der Waals surface area contributed by atoms with Gasteiger partial charge in [-0.15, -0.1) is 0 Å². The summed E-state index contributed by atoms with van der Waals surface area (Å²) in [6, 6.07) is 4.32. The highest BCUT2D eigenvalue weighted by atomic mass is 19.1. The summed E-state index contributed by atoms with van der Waals surface area (Å²) in [6.07, 6.45) is 0.319. The summed E-state index contributed by atoms with van der Waals surface area (Å²) in [4.78, 5) is 15.8. The Morgan fingerprint density at radius 1 is 1.50 bits per heavy atom. The molecule has 0 aliphatic carbocycles. The molecule has 20 heavy (non-hydrogen) atoms. The predicted octanol–water partition coefficient (Wildman–Crippen LogP) is 1.92. The number of aryl methyl sites for hydroxylation is 1. The van der Waals surface area contributed by atoms with Gasteiger partial charge in [-0.2, -0.15) is 0 Å². The molecule has 0 atom stereocenters. The van der Waals surface area contributed by atoms with Crippen LogP contribution in [-0.4, -0.2) is 22.0 Å². The molecular weight excluding hydrogens is 259 g/mol. The van der Waals surface area contributed by atoms with E-state index in [1.807, 2.05) is 13.8 Å². The number of hydrogen-bond donors (Lipinski definition) is 2. The maximum Gasteiger partial charge on any atom is 0.221 e. The predicted molar refractivity (Wildman–Crippen MR) is 76.6 cm³/mol. The van der Waals surface area contributed by atoms with Crippen molar-refractivity contribution in [3.05, 3.63) is 24.0 Å². The van der Waals surface area contributed by atoms with Gasteiger partial charge in [-0.1, -0.05) is 13.8 Å². The summed E-state index contributed by atoms with van der Waals surface area (Å²) in [7, 11) is 0. The van der Waals surface area contributed by atoms with E-state index in [9.17, 15) is 9.18 Å². The molecule has 0 aliphatic rings. The van der Waals surface area contributed by atoms with Crippen molar-refractivity contribution < 1.29 is 9.18 Å². The molecule has 1 aromatic heterocycles. The van der Waals surface area contributed by atoms with E-state index in [4.69, 9.17) is 5.73 Å². The Bertz CT molecular complexity index is 621. The molecule has 0 saturated carbocycles. The van der Waals surface area contributed by atoms with E-state index < -0.39 is 0 Å². The van der Waals surface area contributed by atoms with Crippen molar-refractivity contribution in [3.63, 3.8) is 0 Å². The van der Waals surface area contributed by atoms with Crippen LogP contribution >= 0.6 is 0 Å². The zero-order chi connectivity index (χ0) is 14.7. The zero-order valence-electron chi connectivity index (χ0n) is 11.7. The number of nitrogens with zero attached hydrogens (tertiary/aromatic N) is 2. The number of carbonyl (C=O) groups excluding carboxylic acids is 1. The number of fused-ring (bicyclic) bond motifs is 1. The van der Waals surface area contributed by atoms with Gasteiger partial charge in [-0.3, -0.25) is 4.79 Å². The van der Waals surface area contributed by atoms with E-state index in [0.717, 1.165) is 5.52 Å². The number of aromatic nitrogens is 2. The van der Waals surface area contributed by atoms with Crippen molar-refractivity contribution in [1.29, 1.82) is 0 Å². The van der Waals surface area contributed by atoms with Crippen LogP contribution in [0.5, 0.6) is 0 Å². The summed E-state index contributed by atoms with van der Waals surface area (Å²) in [6.45, 7) is 5.16. The van der Waals surface area contributed by atoms with Gasteiger partial charge < -0.3 is 15.6 Å². The summed E-state index contributed by atoms with van der Waals surface area (Å²) < 4.78 is 14.8. The van der Waals surface area contributed by atoms with Crippen LogP contribution in [0.3, 0.4) is 0 Å². The zero-order valence-corrected chi connectivity index (χ0v) is 11.7. The van der Waals surface area contributed by atoms with Crippen LogP contribution in [-0.2, 0) is 11.3 Å². The molecule has 2 rings (SSSR count). The van der Waals surface area contributed by atoms with E-state index in [2.05, 4.69) is 10.3 Å². The van der Waals surface area contributed by atoms with Gasteiger partial charge in [0.1, 0.15) is 5.82 Å². The van der Waals surface area contributed by atoms with Crippen LogP contribution in [0.2, 0.25) is 0 Å². The number of carbonyl (C=O) groups is 1. The lowest BCUT2D eigenvalue weighted by Crippen LogP contribution is -2.28. The van der Waals surface area contributed by atoms with Crippen LogP contribution < -0.4 is 11.1 Å². The number of anilines is 1. The first-order chi connectivity index (χ1) is 9.47. The van der Waals surface area contributed by atoms with Gasteiger partial charge in [-0.05, 0) is 18.1 Å². The number of nitrogens with one attached hydrogen (secondary N) is 1. The molecule has 0 fully saturated rings. The van der Waals surface area contributed by atoms with Gasteiger partial charge >= 0.3 is 0 Å². The topological polar surface area (TPSA) is 72.9 Å². The van der Waals surface area contributed by atoms with Crippen molar-refractivity contribution in [3.8, 4) is 0 Å². The number of halogens is 1. The van der Waals surface area contributed by atoms with Gasteiger partial charge in [0.25, 0.3) is 0 Å². The first-order valence-corrected chi connectivity index (χ1v) is 6.65. The Hall–Kier alpha value is -2.11. The first-order valence-electron chi connectivity index (χ1n) is 6.65. The molecule has 0 radical (unpaired) electrons. The van der Waals surface area contributed by atoms with Crippen molar-refractivity contribution in [2.45, 2.75) is 26.8 Å². The van der Waals surface area contributed by atoms with Crippen LogP contribution in [0.25, 0.3) is 11.0 Å². The van der Waals surface area contributed by atoms with Crippen LogP contribution in [0.1, 0.15) is 20.3 Å². The number of imidazole rings is 1. The number of hydrogen-bond acceptors (Lipinski definition) is 3. The SMILES string of the molecule is CC(C)CNC(=O)CCn1c(N)nc2cc(F)ccc21. The molecule has 1 aromatic carbocycles. The largest absolute Gasteiger partial charge is 0.369 e. The molecule has 1 amide bonds. The molecule has 1 heterocycles. The fourth-order valence-electron chi connectivity index (χ4n) is 1.98. The average Bonchev–Trinajstić information content (AvgIpc) is 2.68. The van der Waals surface area contributed by atoms with Gasteiger partial charge in [0, 0.05) is 25.6 Å². The Balaban J connectivity index is 2.06. The molecule has 2 aromatic rings. The Morgan fingerprint density at radius 2 is 2.25 bits per heavy atom. The molecular formula is C14H19FN4O. The van der Waals surface area contributed by atoms with E-state index in [-0.39, 0.29) is 11.7 Å². The first kappa shape index (κ1) is 14.3. The maximum atomic E-state index is 13.1. The smallest absolute Gasteiger partial charge is 0.221 e. The van der Waals surface area contributed by atoms with E-state index in [1.54, 1.807) is 10.6 Å². The Kier molecular flexibility index (Phi) is 4.22. The van der Waals surface area contributed by atoms with Gasteiger partial charge in [0.05, 0.1) is 11.0 Å². The number of amides is 1. The molecule has 6 heteroatoms. The Labute approximate surface area is 117 Å². The van der Waals surface area contributed by atoms with Crippen LogP contribution in [0.15, 0.2) is 18.2 Å². The van der Waals surface area contributed by atoms with Gasteiger partial charge in [0.15, 0.2) is 0 Å². The summed E-state index contributed by atoms with van der Waals surface area (Å²) >= 11 is 0. The fourth-order valence-corrected chi connectivity index (χ4v) is 1.98. The molecule has 3 N–H and O–H groups in total. The second-order valence-electron chi connectivity index (χ2n) is 5.20. The third-order valence-corrected chi connectivity index (χ3v) is 3.01. The molecule has 108 valence electrons. The molecule has 0 bridgehead atoms. The van der Waals surface area contributed by atoms with Gasteiger partial charge in [0.2, 0.25) is 11.9 Å². The van der Waals surface area contributed by atoms with Crippen molar-refractivity contribution >= 4 is 22.9 Å². The summed E-state index contributed by atoms with van der Waals surface area (Å²) in [5, 5.41) is 2.85. The highest BCUT2D eigenvalue weighted by Gasteiger charge is 2.10. The maximum absolute atomic E-state index is 13.1. The monoisotopic (exact) mass is 278 g/mol. The van der Waals surface area contributed by atoms with E-state index in [1.165, 1.54) is 12.1 Å². The van der Waals surface area contributed by atoms with Crippen molar-refractivity contribution in [2.24, 2.45) is 5.92 Å². The number of nitrogen functional groups attached to an aromatic ring is 1. The second kappa shape index (κ2) is 5.90. The van der Waals surface area contributed by atoms with E-state index >= 15 is 0 Å².